The molecule has 5 rings (SSSR count). The highest BCUT2D eigenvalue weighted by Crippen LogP contribution is 2.41. The molecule has 0 fully saturated rings. The van der Waals surface area contributed by atoms with Crippen molar-refractivity contribution >= 4 is 73.3 Å². The van der Waals surface area contributed by atoms with Crippen molar-refractivity contribution in [2.24, 2.45) is 4.99 Å². The fourth-order valence-corrected chi connectivity index (χ4v) is 6.65. The number of amides is 1. The van der Waals surface area contributed by atoms with E-state index in [-0.39, 0.29) is 12.5 Å². The number of aryl methyl sites for hydroxylation is 1. The number of aliphatic imine (C=N–C) groups is 1. The molecule has 4 aromatic rings. The summed E-state index contributed by atoms with van der Waals surface area (Å²) in [5.74, 6) is 0.920. The number of fused-ring (bicyclic) bond motifs is 1. The van der Waals surface area contributed by atoms with Crippen molar-refractivity contribution in [1.82, 2.24) is 0 Å². The van der Waals surface area contributed by atoms with Gasteiger partial charge in [0, 0.05) is 42.4 Å². The number of halogens is 3. The minimum absolute atomic E-state index is 0.145. The summed E-state index contributed by atoms with van der Waals surface area (Å²) in [5.41, 5.74) is 3.99. The van der Waals surface area contributed by atoms with Gasteiger partial charge in [-0.2, -0.15) is 0 Å². The number of rotatable bonds is 8. The van der Waals surface area contributed by atoms with Gasteiger partial charge >= 0.3 is 0 Å². The van der Waals surface area contributed by atoms with Gasteiger partial charge in [-0.15, -0.1) is 11.3 Å². The highest BCUT2D eigenvalue weighted by Gasteiger charge is 2.25. The zero-order valence-corrected chi connectivity index (χ0v) is 25.0. The van der Waals surface area contributed by atoms with E-state index in [4.69, 9.17) is 37.7 Å². The molecule has 1 amide bonds. The van der Waals surface area contributed by atoms with E-state index in [0.717, 1.165) is 47.0 Å². The van der Waals surface area contributed by atoms with Gasteiger partial charge in [-0.25, -0.2) is 4.99 Å². The van der Waals surface area contributed by atoms with Crippen molar-refractivity contribution < 1.29 is 14.3 Å². The van der Waals surface area contributed by atoms with E-state index in [1.807, 2.05) is 48.5 Å². The Kier molecular flexibility index (Phi) is 8.92. The first-order chi connectivity index (χ1) is 18.9. The molecule has 1 aliphatic rings. The zero-order chi connectivity index (χ0) is 27.4. The average molecular weight is 644 g/mol. The monoisotopic (exact) mass is 642 g/mol. The molecule has 0 unspecified atom stereocenters. The third-order valence-corrected chi connectivity index (χ3v) is 8.63. The number of para-hydroxylation sites is 1. The smallest absolute Gasteiger partial charge is 0.259 e. The van der Waals surface area contributed by atoms with Gasteiger partial charge in [0.25, 0.3) is 5.91 Å². The highest BCUT2D eigenvalue weighted by molar-refractivity contribution is 9.10. The van der Waals surface area contributed by atoms with Crippen LogP contribution in [-0.4, -0.2) is 19.2 Å². The number of anilines is 1. The molecule has 1 aromatic heterocycles. The Balaban J connectivity index is 1.49. The molecule has 0 aliphatic heterocycles. The number of nitrogens with zero attached hydrogens (tertiary/aromatic N) is 1. The minimum atomic E-state index is -0.145. The Hall–Kier alpha value is -2.84. The summed E-state index contributed by atoms with van der Waals surface area (Å²) in [7, 11) is 1.59. The largest absolute Gasteiger partial charge is 0.493 e. The summed E-state index contributed by atoms with van der Waals surface area (Å²) in [5, 5.41) is 4.80. The molecule has 39 heavy (non-hydrogen) atoms. The number of carbonyl (C=O) groups is 1. The van der Waals surface area contributed by atoms with Gasteiger partial charge in [0.05, 0.1) is 12.7 Å². The van der Waals surface area contributed by atoms with Gasteiger partial charge in [0.2, 0.25) is 0 Å². The fraction of sp³-hybridized carbons (Fsp3) is 0.200. The number of carbonyl (C=O) groups excluding carboxylic acids is 1. The van der Waals surface area contributed by atoms with Gasteiger partial charge < -0.3 is 14.8 Å². The van der Waals surface area contributed by atoms with Crippen LogP contribution in [0.4, 0.5) is 10.7 Å². The summed E-state index contributed by atoms with van der Waals surface area (Å²) in [4.78, 5) is 19.5. The highest BCUT2D eigenvalue weighted by atomic mass is 79.9. The van der Waals surface area contributed by atoms with Crippen molar-refractivity contribution in [1.29, 1.82) is 0 Å². The van der Waals surface area contributed by atoms with Crippen LogP contribution in [0.5, 0.6) is 11.5 Å². The number of nitrogens with one attached hydrogen (secondary N) is 1. The second-order valence-electron chi connectivity index (χ2n) is 9.02. The molecule has 1 N–H and O–H groups in total. The van der Waals surface area contributed by atoms with E-state index in [9.17, 15) is 4.79 Å². The predicted molar refractivity (Wildman–Crippen MR) is 164 cm³/mol. The zero-order valence-electron chi connectivity index (χ0n) is 21.1. The van der Waals surface area contributed by atoms with Crippen LogP contribution in [0.15, 0.2) is 70.1 Å². The summed E-state index contributed by atoms with van der Waals surface area (Å²) >= 11 is 17.5. The number of ether oxygens (including phenoxy) is 2. The fourth-order valence-electron chi connectivity index (χ4n) is 4.50. The summed E-state index contributed by atoms with van der Waals surface area (Å²) < 4.78 is 12.6. The van der Waals surface area contributed by atoms with Crippen LogP contribution in [0.2, 0.25) is 10.0 Å². The molecule has 9 heteroatoms. The van der Waals surface area contributed by atoms with Gasteiger partial charge in [0.1, 0.15) is 11.6 Å². The lowest BCUT2D eigenvalue weighted by Crippen LogP contribution is -2.14. The average Bonchev–Trinajstić information content (AvgIpc) is 3.31. The molecule has 1 aliphatic carbocycles. The number of hydrogen-bond acceptors (Lipinski definition) is 5. The van der Waals surface area contributed by atoms with Gasteiger partial charge in [-0.05, 0) is 67.6 Å². The third kappa shape index (κ3) is 6.49. The summed E-state index contributed by atoms with van der Waals surface area (Å²) in [6, 6.07) is 18.5. The first-order valence-corrected chi connectivity index (χ1v) is 14.8. The first kappa shape index (κ1) is 27.7. The molecule has 0 spiro atoms. The van der Waals surface area contributed by atoms with Crippen LogP contribution < -0.4 is 14.8 Å². The van der Waals surface area contributed by atoms with E-state index in [1.54, 1.807) is 36.8 Å². The summed E-state index contributed by atoms with van der Waals surface area (Å²) in [6.07, 6.45) is 5.74. The molecule has 0 saturated carbocycles. The number of hydrogen-bond donors (Lipinski definition) is 1. The molecule has 5 nitrogen and oxygen atoms in total. The lowest BCUT2D eigenvalue weighted by molar-refractivity contribution is 0.102. The summed E-state index contributed by atoms with van der Waals surface area (Å²) in [6.45, 7) is 0.215. The van der Waals surface area contributed by atoms with Crippen LogP contribution in [-0.2, 0) is 19.4 Å². The van der Waals surface area contributed by atoms with E-state index >= 15 is 0 Å². The van der Waals surface area contributed by atoms with Crippen LogP contribution in [0.25, 0.3) is 0 Å². The Labute approximate surface area is 249 Å². The van der Waals surface area contributed by atoms with Crippen molar-refractivity contribution in [3.05, 3.63) is 102 Å². The van der Waals surface area contributed by atoms with Crippen LogP contribution >= 0.6 is 50.5 Å². The maximum absolute atomic E-state index is 13.5. The second kappa shape index (κ2) is 12.6. The molecular formula is C30H25BrCl2N2O3S. The molecule has 3 aromatic carbocycles. The van der Waals surface area contributed by atoms with Gasteiger partial charge in [0.15, 0.2) is 11.5 Å². The van der Waals surface area contributed by atoms with Crippen LogP contribution in [0, 0.1) is 0 Å². The Morgan fingerprint density at radius 3 is 2.67 bits per heavy atom. The number of thiophene rings is 1. The maximum atomic E-state index is 13.5. The van der Waals surface area contributed by atoms with E-state index in [2.05, 4.69) is 21.2 Å². The third-order valence-electron chi connectivity index (χ3n) is 6.39. The van der Waals surface area contributed by atoms with Crippen molar-refractivity contribution in [2.45, 2.75) is 32.3 Å². The maximum Gasteiger partial charge on any atom is 0.259 e. The molecule has 0 bridgehead atoms. The number of methoxy groups -OCH3 is 1. The van der Waals surface area contributed by atoms with Crippen molar-refractivity contribution in [3.8, 4) is 11.5 Å². The van der Waals surface area contributed by atoms with E-state index < -0.39 is 0 Å². The Bertz CT molecular complexity index is 1540. The molecule has 200 valence electrons. The second-order valence-corrected chi connectivity index (χ2v) is 11.9. The van der Waals surface area contributed by atoms with Crippen LogP contribution in [0.1, 0.15) is 44.8 Å². The molecule has 0 radical (unpaired) electrons. The van der Waals surface area contributed by atoms with E-state index in [1.165, 1.54) is 4.88 Å². The van der Waals surface area contributed by atoms with Gasteiger partial charge in [-0.3, -0.25) is 4.79 Å². The van der Waals surface area contributed by atoms with Crippen molar-refractivity contribution in [3.63, 3.8) is 0 Å². The minimum Gasteiger partial charge on any atom is -0.493 e. The topological polar surface area (TPSA) is 59.9 Å². The predicted octanol–water partition coefficient (Wildman–Crippen LogP) is 9.29. The standard InChI is InChI=1S/C30H25BrCl2N2O3S/c1-37-25-14-20(31)13-19(28(25)38-17-18-11-12-21(32)15-24(18)33)16-34-30-27(23-9-5-6-10-26(23)39-30)29(36)35-22-7-3-2-4-8-22/h2-4,7-8,11-16H,5-6,9-10,17H2,1H3,(H,35,36). The first-order valence-electron chi connectivity index (χ1n) is 12.4. The molecule has 0 saturated heterocycles. The lowest BCUT2D eigenvalue weighted by Gasteiger charge is -2.15. The van der Waals surface area contributed by atoms with Crippen molar-refractivity contribution in [2.75, 3.05) is 12.4 Å². The molecular weight excluding hydrogens is 619 g/mol. The number of benzene rings is 3. The Morgan fingerprint density at radius 2 is 1.90 bits per heavy atom. The molecule has 1 heterocycles. The normalized spacial score (nSPS) is 12.8. The Morgan fingerprint density at radius 1 is 1.10 bits per heavy atom. The van der Waals surface area contributed by atoms with E-state index in [0.29, 0.717) is 37.7 Å². The quantitative estimate of drug-likeness (QED) is 0.195. The van der Waals surface area contributed by atoms with Crippen LogP contribution in [0.3, 0.4) is 0 Å². The van der Waals surface area contributed by atoms with Gasteiger partial charge in [-0.1, -0.05) is 63.4 Å². The lowest BCUT2D eigenvalue weighted by atomic mass is 9.95. The molecule has 0 atom stereocenters. The SMILES string of the molecule is COc1cc(Br)cc(C=Nc2sc3c(c2C(=O)Nc2ccccc2)CCCC3)c1OCc1ccc(Cl)cc1Cl.